The summed E-state index contributed by atoms with van der Waals surface area (Å²) in [4.78, 5) is 17.0. The predicted molar refractivity (Wildman–Crippen MR) is 101 cm³/mol. The lowest BCUT2D eigenvalue weighted by Gasteiger charge is -2.17. The third kappa shape index (κ3) is 2.74. The summed E-state index contributed by atoms with van der Waals surface area (Å²) in [5.41, 5.74) is 0.572. The Balaban J connectivity index is 1.97. The maximum atomic E-state index is 14.4. The lowest BCUT2D eigenvalue weighted by Crippen LogP contribution is -2.22. The summed E-state index contributed by atoms with van der Waals surface area (Å²) in [5.74, 6) is -0.389. The van der Waals surface area contributed by atoms with Gasteiger partial charge >= 0.3 is 0 Å². The van der Waals surface area contributed by atoms with E-state index in [-0.39, 0.29) is 21.8 Å². The highest BCUT2D eigenvalue weighted by molar-refractivity contribution is 7.90. The molecule has 0 spiro atoms. The number of sulfonamides is 1. The molecule has 8 nitrogen and oxygen atoms in total. The van der Waals surface area contributed by atoms with E-state index in [0.29, 0.717) is 16.9 Å². The van der Waals surface area contributed by atoms with Crippen molar-refractivity contribution < 1.29 is 12.8 Å². The van der Waals surface area contributed by atoms with Gasteiger partial charge in [0.05, 0.1) is 22.3 Å². The SMILES string of the molecule is CNc1ccc(-n2cnc3cc4c(cc3c2=O)S(=O)(=O)N=C(C)N4)c(F)c1. The van der Waals surface area contributed by atoms with Gasteiger partial charge in [0.15, 0.2) is 0 Å². The quantitative estimate of drug-likeness (QED) is 0.698. The van der Waals surface area contributed by atoms with Crippen LogP contribution in [0.1, 0.15) is 6.92 Å². The summed E-state index contributed by atoms with van der Waals surface area (Å²) in [5, 5.41) is 5.71. The van der Waals surface area contributed by atoms with Crippen LogP contribution in [0.25, 0.3) is 16.6 Å². The normalized spacial score (nSPS) is 15.0. The average molecular weight is 387 g/mol. The number of hydrogen-bond acceptors (Lipinski definition) is 6. The molecule has 0 bridgehead atoms. The number of benzene rings is 2. The Morgan fingerprint density at radius 3 is 2.70 bits per heavy atom. The lowest BCUT2D eigenvalue weighted by molar-refractivity contribution is 0.598. The van der Waals surface area contributed by atoms with Crippen LogP contribution in [0, 0.1) is 5.82 Å². The molecule has 1 aliphatic rings. The number of nitrogens with one attached hydrogen (secondary N) is 2. The van der Waals surface area contributed by atoms with Crippen molar-refractivity contribution in [1.29, 1.82) is 0 Å². The molecule has 0 amide bonds. The van der Waals surface area contributed by atoms with Crippen LogP contribution in [0.4, 0.5) is 15.8 Å². The van der Waals surface area contributed by atoms with Gasteiger partial charge in [0.2, 0.25) is 0 Å². The van der Waals surface area contributed by atoms with Gasteiger partial charge in [0.25, 0.3) is 15.6 Å². The lowest BCUT2D eigenvalue weighted by atomic mass is 10.2. The Kier molecular flexibility index (Phi) is 3.74. The topological polar surface area (TPSA) is 105 Å². The molecular weight excluding hydrogens is 373 g/mol. The number of nitrogens with zero attached hydrogens (tertiary/aromatic N) is 3. The third-order valence-electron chi connectivity index (χ3n) is 4.21. The fraction of sp³-hybridized carbons (Fsp3) is 0.118. The van der Waals surface area contributed by atoms with Gasteiger partial charge in [-0.2, -0.15) is 8.42 Å². The molecule has 1 aromatic heterocycles. The third-order valence-corrected chi connectivity index (χ3v) is 5.61. The van der Waals surface area contributed by atoms with Gasteiger partial charge in [-0.3, -0.25) is 9.36 Å². The van der Waals surface area contributed by atoms with Gasteiger partial charge in [-0.05, 0) is 37.3 Å². The predicted octanol–water partition coefficient (Wildman–Crippen LogP) is 2.10. The first-order valence-corrected chi connectivity index (χ1v) is 9.36. The number of hydrogen-bond donors (Lipinski definition) is 2. The molecule has 3 aromatic rings. The zero-order chi connectivity index (χ0) is 19.3. The Hall–Kier alpha value is -3.27. The van der Waals surface area contributed by atoms with Crippen LogP contribution in [0.15, 0.2) is 50.7 Å². The van der Waals surface area contributed by atoms with Crippen molar-refractivity contribution >= 4 is 38.1 Å². The summed E-state index contributed by atoms with van der Waals surface area (Å²) >= 11 is 0. The van der Waals surface area contributed by atoms with Crippen molar-refractivity contribution in [3.63, 3.8) is 0 Å². The minimum absolute atomic E-state index is 0.0148. The highest BCUT2D eigenvalue weighted by Crippen LogP contribution is 2.30. The van der Waals surface area contributed by atoms with Crippen molar-refractivity contribution in [2.24, 2.45) is 4.40 Å². The minimum atomic E-state index is -3.93. The molecule has 10 heteroatoms. The van der Waals surface area contributed by atoms with E-state index in [0.717, 1.165) is 4.57 Å². The van der Waals surface area contributed by atoms with E-state index in [4.69, 9.17) is 0 Å². The van der Waals surface area contributed by atoms with Gasteiger partial charge in [0.1, 0.15) is 22.9 Å². The van der Waals surface area contributed by atoms with Gasteiger partial charge in [0, 0.05) is 12.7 Å². The van der Waals surface area contributed by atoms with Crippen LogP contribution in [-0.4, -0.2) is 30.9 Å². The molecule has 138 valence electrons. The van der Waals surface area contributed by atoms with E-state index < -0.39 is 21.4 Å². The number of rotatable bonds is 2. The second-order valence-corrected chi connectivity index (χ2v) is 7.55. The van der Waals surface area contributed by atoms with E-state index >= 15 is 0 Å². The summed E-state index contributed by atoms with van der Waals surface area (Å²) in [6.45, 7) is 1.52. The molecule has 0 saturated heterocycles. The zero-order valence-corrected chi connectivity index (χ0v) is 15.1. The Morgan fingerprint density at radius 2 is 2.00 bits per heavy atom. The molecular formula is C17H14FN5O3S. The average Bonchev–Trinajstić information content (AvgIpc) is 2.60. The van der Waals surface area contributed by atoms with Gasteiger partial charge in [-0.15, -0.1) is 4.40 Å². The second kappa shape index (κ2) is 5.88. The molecule has 0 fully saturated rings. The monoisotopic (exact) mass is 387 g/mol. The second-order valence-electron chi connectivity index (χ2n) is 5.98. The number of halogens is 1. The van der Waals surface area contributed by atoms with Crippen molar-refractivity contribution in [2.75, 3.05) is 17.7 Å². The van der Waals surface area contributed by atoms with Crippen LogP contribution in [0.5, 0.6) is 0 Å². The molecule has 0 unspecified atom stereocenters. The highest BCUT2D eigenvalue weighted by Gasteiger charge is 2.25. The summed E-state index contributed by atoms with van der Waals surface area (Å²) in [7, 11) is -2.27. The molecule has 4 rings (SSSR count). The van der Waals surface area contributed by atoms with Crippen molar-refractivity contribution in [3.8, 4) is 5.69 Å². The van der Waals surface area contributed by atoms with Crippen LogP contribution in [0.2, 0.25) is 0 Å². The van der Waals surface area contributed by atoms with E-state index in [9.17, 15) is 17.6 Å². The minimum Gasteiger partial charge on any atom is -0.388 e. The van der Waals surface area contributed by atoms with E-state index in [2.05, 4.69) is 20.0 Å². The molecule has 1 aliphatic heterocycles. The van der Waals surface area contributed by atoms with Crippen molar-refractivity contribution in [2.45, 2.75) is 11.8 Å². The van der Waals surface area contributed by atoms with Gasteiger partial charge in [-0.1, -0.05) is 0 Å². The van der Waals surface area contributed by atoms with Crippen molar-refractivity contribution in [1.82, 2.24) is 9.55 Å². The largest absolute Gasteiger partial charge is 0.388 e. The van der Waals surface area contributed by atoms with Gasteiger partial charge < -0.3 is 10.6 Å². The van der Waals surface area contributed by atoms with Crippen LogP contribution in [0.3, 0.4) is 0 Å². The molecule has 2 heterocycles. The molecule has 0 aliphatic carbocycles. The summed E-state index contributed by atoms with van der Waals surface area (Å²) < 4.78 is 43.6. The number of anilines is 2. The summed E-state index contributed by atoms with van der Waals surface area (Å²) in [6, 6.07) is 7.00. The molecule has 0 radical (unpaired) electrons. The molecule has 0 saturated carbocycles. The van der Waals surface area contributed by atoms with E-state index in [1.165, 1.54) is 37.5 Å². The standard InChI is InChI=1S/C17H14FN5O3S/c1-9-21-14-7-13-11(6-16(14)27(25,26)22-9)17(24)23(8-20-13)15-4-3-10(19-2)5-12(15)18/h3-8,19H,1-2H3,(H,21,22). The highest BCUT2D eigenvalue weighted by atomic mass is 32.2. The number of aromatic nitrogens is 2. The Bertz CT molecular complexity index is 1300. The molecule has 2 N–H and O–H groups in total. The fourth-order valence-corrected chi connectivity index (χ4v) is 4.10. The fourth-order valence-electron chi connectivity index (χ4n) is 2.94. The zero-order valence-electron chi connectivity index (χ0n) is 14.3. The smallest absolute Gasteiger partial charge is 0.286 e. The van der Waals surface area contributed by atoms with Crippen molar-refractivity contribution in [3.05, 3.63) is 52.8 Å². The first-order chi connectivity index (χ1) is 12.8. The van der Waals surface area contributed by atoms with Crippen LogP contribution >= 0.6 is 0 Å². The van der Waals surface area contributed by atoms with Gasteiger partial charge in [-0.25, -0.2) is 9.37 Å². The van der Waals surface area contributed by atoms with E-state index in [1.807, 2.05) is 0 Å². The number of amidine groups is 1. The maximum Gasteiger partial charge on any atom is 0.286 e. The van der Waals surface area contributed by atoms with Crippen LogP contribution in [-0.2, 0) is 10.0 Å². The Morgan fingerprint density at radius 1 is 1.22 bits per heavy atom. The Labute approximate surface area is 153 Å². The molecule has 0 atom stereocenters. The summed E-state index contributed by atoms with van der Waals surface area (Å²) in [6.07, 6.45) is 1.22. The van der Waals surface area contributed by atoms with E-state index in [1.54, 1.807) is 13.1 Å². The molecule has 2 aromatic carbocycles. The van der Waals surface area contributed by atoms with Crippen LogP contribution < -0.4 is 16.2 Å². The maximum absolute atomic E-state index is 14.4. The first-order valence-electron chi connectivity index (χ1n) is 7.92. The number of fused-ring (bicyclic) bond motifs is 2. The molecule has 27 heavy (non-hydrogen) atoms. The first kappa shape index (κ1) is 17.2.